The van der Waals surface area contributed by atoms with Gasteiger partial charge in [0.05, 0.1) is 16.4 Å². The summed E-state index contributed by atoms with van der Waals surface area (Å²) in [5, 5.41) is 6.27. The number of ether oxygens (including phenoxy) is 1. The van der Waals surface area contributed by atoms with Gasteiger partial charge in [-0.05, 0) is 69.8 Å². The Hall–Kier alpha value is -5.54. The highest BCUT2D eigenvalue weighted by atomic mass is 16.5. The zero-order valence-corrected chi connectivity index (χ0v) is 23.3. The average Bonchev–Trinajstić information content (AvgIpc) is 3.54. The highest BCUT2D eigenvalue weighted by Crippen LogP contribution is 2.62. The van der Waals surface area contributed by atoms with Crippen molar-refractivity contribution in [1.29, 1.82) is 0 Å². The predicted molar refractivity (Wildman–Crippen MR) is 174 cm³/mol. The van der Waals surface area contributed by atoms with Crippen LogP contribution in [0.2, 0.25) is 0 Å². The molecule has 3 aliphatic rings. The predicted octanol–water partition coefficient (Wildman–Crippen LogP) is 9.32. The van der Waals surface area contributed by atoms with Crippen molar-refractivity contribution in [3.63, 3.8) is 0 Å². The van der Waals surface area contributed by atoms with Crippen LogP contribution >= 0.6 is 0 Å². The summed E-state index contributed by atoms with van der Waals surface area (Å²) < 4.78 is 8.98. The third-order valence-corrected chi connectivity index (χ3v) is 9.69. The first-order valence-electron chi connectivity index (χ1n) is 14.9. The second kappa shape index (κ2) is 8.27. The molecule has 43 heavy (non-hydrogen) atoms. The molecule has 0 amide bonds. The van der Waals surface area contributed by atoms with Crippen LogP contribution in [0.15, 0.2) is 133 Å². The summed E-state index contributed by atoms with van der Waals surface area (Å²) in [5.74, 6) is 2.93. The zero-order chi connectivity index (χ0) is 28.1. The largest absolute Gasteiger partial charge is 0.457 e. The molecule has 10 rings (SSSR count). The zero-order valence-electron chi connectivity index (χ0n) is 23.3. The third-order valence-electron chi connectivity index (χ3n) is 9.69. The van der Waals surface area contributed by atoms with Gasteiger partial charge in [0.2, 0.25) is 0 Å². The summed E-state index contributed by atoms with van der Waals surface area (Å²) in [6.07, 6.45) is 2.29. The molecular weight excluding hydrogens is 524 g/mol. The van der Waals surface area contributed by atoms with E-state index < -0.39 is 5.41 Å². The molecule has 3 heterocycles. The average molecular weight is 551 g/mol. The highest BCUT2D eigenvalue weighted by molar-refractivity contribution is 6.13. The van der Waals surface area contributed by atoms with E-state index in [2.05, 4.69) is 149 Å². The fourth-order valence-electron chi connectivity index (χ4n) is 7.94. The second-order valence-electron chi connectivity index (χ2n) is 11.7. The number of para-hydroxylation sites is 3. The molecule has 6 aromatic carbocycles. The molecule has 3 nitrogen and oxygen atoms in total. The maximum atomic E-state index is 6.56. The number of hydrogen-bond acceptors (Lipinski definition) is 2. The minimum atomic E-state index is -0.492. The van der Waals surface area contributed by atoms with E-state index in [0.29, 0.717) is 0 Å². The molecule has 202 valence electrons. The maximum absolute atomic E-state index is 6.56. The fourth-order valence-corrected chi connectivity index (χ4v) is 7.94. The SMILES string of the molecule is C1=C(n2c3ccccc3c3cc4c(cc32)C2(c3ccccc3Oc3ccccc32)c2ccccc2-4)NCc2ccccc21. The minimum absolute atomic E-state index is 0.492. The van der Waals surface area contributed by atoms with E-state index >= 15 is 0 Å². The van der Waals surface area contributed by atoms with Crippen LogP contribution in [-0.2, 0) is 12.0 Å². The summed E-state index contributed by atoms with van der Waals surface area (Å²) >= 11 is 0. The topological polar surface area (TPSA) is 26.2 Å². The minimum Gasteiger partial charge on any atom is -0.457 e. The van der Waals surface area contributed by atoms with Crippen LogP contribution in [0.1, 0.15) is 33.4 Å². The van der Waals surface area contributed by atoms with Crippen molar-refractivity contribution in [1.82, 2.24) is 9.88 Å². The number of nitrogens with zero attached hydrogens (tertiary/aromatic N) is 1. The van der Waals surface area contributed by atoms with E-state index in [0.717, 1.165) is 23.9 Å². The Labute approximate surface area is 249 Å². The second-order valence-corrected chi connectivity index (χ2v) is 11.7. The van der Waals surface area contributed by atoms with Gasteiger partial charge in [0, 0.05) is 28.4 Å². The third kappa shape index (κ3) is 2.89. The molecule has 0 bridgehead atoms. The summed E-state index contributed by atoms with van der Waals surface area (Å²) in [6.45, 7) is 0.800. The number of benzene rings is 6. The Morgan fingerprint density at radius 1 is 0.558 bits per heavy atom. The molecule has 7 aromatic rings. The molecule has 0 saturated carbocycles. The van der Waals surface area contributed by atoms with E-state index in [1.165, 1.54) is 66.3 Å². The first kappa shape index (κ1) is 23.1. The molecular formula is C40H26N2O. The standard InChI is InChI=1S/C40H26N2O/c1-2-12-26-24-41-39(21-25(26)11-1)42-35-18-8-4-14-28(35)30-22-29-27-13-3-5-15-31(27)40(34(29)23-36(30)42)32-16-6-9-19-37(32)43-38-20-10-7-17-33(38)40/h1-23,41H,24H2. The number of hydrogen-bond donors (Lipinski definition) is 1. The Morgan fingerprint density at radius 3 is 2.07 bits per heavy atom. The van der Waals surface area contributed by atoms with Crippen molar-refractivity contribution in [2.45, 2.75) is 12.0 Å². The molecule has 0 atom stereocenters. The molecule has 1 spiro atoms. The fraction of sp³-hybridized carbons (Fsp3) is 0.0500. The first-order valence-corrected chi connectivity index (χ1v) is 14.9. The van der Waals surface area contributed by atoms with E-state index in [1.54, 1.807) is 0 Å². The molecule has 3 heteroatoms. The summed E-state index contributed by atoms with van der Waals surface area (Å²) in [7, 11) is 0. The lowest BCUT2D eigenvalue weighted by Gasteiger charge is -2.39. The number of rotatable bonds is 1. The van der Waals surface area contributed by atoms with Gasteiger partial charge in [0.1, 0.15) is 17.3 Å². The molecule has 0 radical (unpaired) electrons. The van der Waals surface area contributed by atoms with Crippen molar-refractivity contribution in [2.24, 2.45) is 0 Å². The molecule has 1 N–H and O–H groups in total. The van der Waals surface area contributed by atoms with Crippen LogP contribution in [0.5, 0.6) is 11.5 Å². The van der Waals surface area contributed by atoms with E-state index in [9.17, 15) is 0 Å². The van der Waals surface area contributed by atoms with Gasteiger partial charge in [-0.25, -0.2) is 0 Å². The first-order chi connectivity index (χ1) is 21.3. The lowest BCUT2D eigenvalue weighted by molar-refractivity contribution is 0.436. The monoisotopic (exact) mass is 550 g/mol. The van der Waals surface area contributed by atoms with Crippen molar-refractivity contribution in [3.05, 3.63) is 167 Å². The van der Waals surface area contributed by atoms with Gasteiger partial charge in [0.25, 0.3) is 0 Å². The van der Waals surface area contributed by atoms with Crippen LogP contribution in [0, 0.1) is 0 Å². The summed E-state index contributed by atoms with van der Waals surface area (Å²) in [4.78, 5) is 0. The Morgan fingerprint density at radius 2 is 1.23 bits per heavy atom. The van der Waals surface area contributed by atoms with Gasteiger partial charge in [-0.15, -0.1) is 0 Å². The van der Waals surface area contributed by atoms with Crippen LogP contribution in [0.3, 0.4) is 0 Å². The Bertz CT molecular complexity index is 2290. The van der Waals surface area contributed by atoms with E-state index in [1.807, 2.05) is 0 Å². The Balaban J connectivity index is 1.36. The molecule has 1 aromatic heterocycles. The molecule has 0 unspecified atom stereocenters. The van der Waals surface area contributed by atoms with Crippen molar-refractivity contribution in [2.75, 3.05) is 0 Å². The quantitative estimate of drug-likeness (QED) is 0.220. The van der Waals surface area contributed by atoms with Crippen LogP contribution < -0.4 is 10.1 Å². The molecule has 1 aliphatic carbocycles. The lowest BCUT2D eigenvalue weighted by Crippen LogP contribution is -2.32. The van der Waals surface area contributed by atoms with Crippen LogP contribution in [0.25, 0.3) is 44.8 Å². The summed E-state index contributed by atoms with van der Waals surface area (Å²) in [6, 6.07) is 48.4. The highest BCUT2D eigenvalue weighted by Gasteiger charge is 2.51. The Kier molecular flexibility index (Phi) is 4.44. The molecule has 0 fully saturated rings. The van der Waals surface area contributed by atoms with Gasteiger partial charge in [-0.3, -0.25) is 4.57 Å². The smallest absolute Gasteiger partial charge is 0.132 e. The maximum Gasteiger partial charge on any atom is 0.132 e. The number of fused-ring (bicyclic) bond motifs is 13. The van der Waals surface area contributed by atoms with Crippen LogP contribution in [-0.4, -0.2) is 4.57 Å². The number of aromatic nitrogens is 1. The number of nitrogens with one attached hydrogen (secondary N) is 1. The van der Waals surface area contributed by atoms with E-state index in [-0.39, 0.29) is 0 Å². The van der Waals surface area contributed by atoms with Gasteiger partial charge in [0.15, 0.2) is 0 Å². The normalized spacial score (nSPS) is 15.1. The molecule has 2 aliphatic heterocycles. The van der Waals surface area contributed by atoms with Gasteiger partial charge >= 0.3 is 0 Å². The lowest BCUT2D eigenvalue weighted by atomic mass is 9.66. The summed E-state index contributed by atoms with van der Waals surface area (Å²) in [5.41, 5.74) is 12.0. The van der Waals surface area contributed by atoms with E-state index in [4.69, 9.17) is 4.74 Å². The van der Waals surface area contributed by atoms with Gasteiger partial charge in [-0.2, -0.15) is 0 Å². The van der Waals surface area contributed by atoms with Crippen LogP contribution in [0.4, 0.5) is 0 Å². The van der Waals surface area contributed by atoms with Gasteiger partial charge in [-0.1, -0.05) is 103 Å². The van der Waals surface area contributed by atoms with Gasteiger partial charge < -0.3 is 10.1 Å². The van der Waals surface area contributed by atoms with Crippen molar-refractivity contribution >= 4 is 33.7 Å². The molecule has 0 saturated heterocycles. The van der Waals surface area contributed by atoms with Crippen molar-refractivity contribution in [3.8, 4) is 22.6 Å². The van der Waals surface area contributed by atoms with Crippen molar-refractivity contribution < 1.29 is 4.74 Å².